The summed E-state index contributed by atoms with van der Waals surface area (Å²) in [6, 6.07) is 16.6. The molecule has 2 nitrogen and oxygen atoms in total. The maximum absolute atomic E-state index is 6.41. The third-order valence-electron chi connectivity index (χ3n) is 3.68. The molecule has 2 unspecified atom stereocenters. The van der Waals surface area contributed by atoms with Crippen molar-refractivity contribution in [1.82, 2.24) is 0 Å². The zero-order chi connectivity index (χ0) is 13.9. The summed E-state index contributed by atoms with van der Waals surface area (Å²) in [6.07, 6.45) is 1.06. The second-order valence-corrected chi connectivity index (χ2v) is 6.10. The molecule has 104 valence electrons. The predicted octanol–water partition coefficient (Wildman–Crippen LogP) is 3.80. The molecule has 0 fully saturated rings. The Morgan fingerprint density at radius 3 is 2.95 bits per heavy atom. The van der Waals surface area contributed by atoms with Crippen molar-refractivity contribution in [1.29, 1.82) is 0 Å². The number of hydrogen-bond donors (Lipinski definition) is 1. The molecule has 1 aliphatic heterocycles. The second kappa shape index (κ2) is 5.90. The molecule has 0 amide bonds. The Morgan fingerprint density at radius 2 is 2.10 bits per heavy atom. The lowest BCUT2D eigenvalue weighted by molar-refractivity contribution is 0.185. The summed E-state index contributed by atoms with van der Waals surface area (Å²) in [7, 11) is 0. The molecule has 0 aliphatic carbocycles. The summed E-state index contributed by atoms with van der Waals surface area (Å²) in [4.78, 5) is 1.21. The van der Waals surface area contributed by atoms with Crippen LogP contribution < -0.4 is 10.5 Å². The Bertz CT molecular complexity index is 599. The van der Waals surface area contributed by atoms with Crippen LogP contribution in [0.25, 0.3) is 0 Å². The Kier molecular flexibility index (Phi) is 3.99. The first-order chi connectivity index (χ1) is 9.78. The number of rotatable bonds is 3. The summed E-state index contributed by atoms with van der Waals surface area (Å²) in [5.41, 5.74) is 8.89. The van der Waals surface area contributed by atoms with Crippen LogP contribution in [0.1, 0.15) is 24.1 Å². The third kappa shape index (κ3) is 2.69. The molecule has 0 radical (unpaired) electrons. The Balaban J connectivity index is 1.80. The monoisotopic (exact) mass is 285 g/mol. The van der Waals surface area contributed by atoms with Crippen LogP contribution >= 0.6 is 11.8 Å². The van der Waals surface area contributed by atoms with E-state index in [0.717, 1.165) is 23.5 Å². The number of aryl methyl sites for hydroxylation is 1. The van der Waals surface area contributed by atoms with E-state index in [0.29, 0.717) is 0 Å². The minimum atomic E-state index is -0.0812. The van der Waals surface area contributed by atoms with E-state index < -0.39 is 0 Å². The fourth-order valence-electron chi connectivity index (χ4n) is 2.45. The van der Waals surface area contributed by atoms with Crippen molar-refractivity contribution in [3.05, 3.63) is 59.7 Å². The van der Waals surface area contributed by atoms with Gasteiger partial charge in [0.05, 0.1) is 6.04 Å². The Labute approximate surface area is 124 Å². The van der Waals surface area contributed by atoms with Crippen molar-refractivity contribution >= 4 is 11.8 Å². The zero-order valence-corrected chi connectivity index (χ0v) is 12.4. The van der Waals surface area contributed by atoms with Crippen molar-refractivity contribution in [3.8, 4) is 5.75 Å². The van der Waals surface area contributed by atoms with Crippen LogP contribution in [0.3, 0.4) is 0 Å². The average Bonchev–Trinajstić information content (AvgIpc) is 2.53. The van der Waals surface area contributed by atoms with Gasteiger partial charge in [-0.1, -0.05) is 43.3 Å². The molecule has 0 bridgehead atoms. The predicted molar refractivity (Wildman–Crippen MR) is 84.3 cm³/mol. The quantitative estimate of drug-likeness (QED) is 0.931. The standard InChI is InChI=1S/C17H19NOS/c1-2-12-6-5-7-13(10-12)17(18)15-11-20-16-9-4-3-8-14(16)19-15/h3-10,15,17H,2,11,18H2,1H3. The first-order valence-electron chi connectivity index (χ1n) is 7.01. The Hall–Kier alpha value is -1.45. The van der Waals surface area contributed by atoms with E-state index in [2.05, 4.69) is 37.3 Å². The first kappa shape index (κ1) is 13.5. The molecular formula is C17H19NOS. The minimum Gasteiger partial charge on any atom is -0.486 e. The van der Waals surface area contributed by atoms with Gasteiger partial charge in [0.25, 0.3) is 0 Å². The smallest absolute Gasteiger partial charge is 0.133 e. The van der Waals surface area contributed by atoms with Gasteiger partial charge in [0, 0.05) is 10.6 Å². The van der Waals surface area contributed by atoms with Gasteiger partial charge in [-0.3, -0.25) is 0 Å². The van der Waals surface area contributed by atoms with Crippen molar-refractivity contribution in [3.63, 3.8) is 0 Å². The number of para-hydroxylation sites is 1. The normalized spacial score (nSPS) is 19.0. The highest BCUT2D eigenvalue weighted by atomic mass is 32.2. The van der Waals surface area contributed by atoms with Crippen LogP contribution in [0.4, 0.5) is 0 Å². The van der Waals surface area contributed by atoms with E-state index in [-0.39, 0.29) is 12.1 Å². The first-order valence-corrected chi connectivity index (χ1v) is 7.99. The summed E-state index contributed by atoms with van der Waals surface area (Å²) in [6.45, 7) is 2.16. The summed E-state index contributed by atoms with van der Waals surface area (Å²) in [5, 5.41) is 0. The van der Waals surface area contributed by atoms with Gasteiger partial charge in [-0.05, 0) is 29.7 Å². The highest BCUT2D eigenvalue weighted by molar-refractivity contribution is 7.99. The molecule has 3 heteroatoms. The summed E-state index contributed by atoms with van der Waals surface area (Å²) >= 11 is 1.82. The van der Waals surface area contributed by atoms with Gasteiger partial charge >= 0.3 is 0 Å². The highest BCUT2D eigenvalue weighted by Crippen LogP contribution is 2.37. The molecular weight excluding hydrogens is 266 g/mol. The molecule has 1 aliphatic rings. The molecule has 2 N–H and O–H groups in total. The van der Waals surface area contributed by atoms with Crippen LogP contribution in [0, 0.1) is 0 Å². The van der Waals surface area contributed by atoms with Gasteiger partial charge in [-0.2, -0.15) is 0 Å². The van der Waals surface area contributed by atoms with E-state index in [1.54, 1.807) is 0 Å². The van der Waals surface area contributed by atoms with Crippen LogP contribution in [-0.2, 0) is 6.42 Å². The van der Waals surface area contributed by atoms with Crippen molar-refractivity contribution in [2.45, 2.75) is 30.4 Å². The SMILES string of the molecule is CCc1cccc(C(N)C2CSc3ccccc3O2)c1. The highest BCUT2D eigenvalue weighted by Gasteiger charge is 2.26. The van der Waals surface area contributed by atoms with Crippen molar-refractivity contribution < 1.29 is 4.74 Å². The number of benzene rings is 2. The third-order valence-corrected chi connectivity index (χ3v) is 4.82. The molecule has 2 aromatic rings. The topological polar surface area (TPSA) is 35.2 Å². The molecule has 0 aromatic heterocycles. The van der Waals surface area contributed by atoms with Gasteiger partial charge in [-0.15, -0.1) is 11.8 Å². The van der Waals surface area contributed by atoms with E-state index in [4.69, 9.17) is 10.5 Å². The van der Waals surface area contributed by atoms with E-state index >= 15 is 0 Å². The molecule has 0 saturated carbocycles. The summed E-state index contributed by atoms with van der Waals surface area (Å²) in [5.74, 6) is 1.85. The number of fused-ring (bicyclic) bond motifs is 1. The lowest BCUT2D eigenvalue weighted by Gasteiger charge is -2.30. The largest absolute Gasteiger partial charge is 0.486 e. The average molecular weight is 285 g/mol. The van der Waals surface area contributed by atoms with E-state index in [1.165, 1.54) is 10.5 Å². The number of ether oxygens (including phenoxy) is 1. The van der Waals surface area contributed by atoms with Crippen LogP contribution in [0.5, 0.6) is 5.75 Å². The van der Waals surface area contributed by atoms with E-state index in [9.17, 15) is 0 Å². The van der Waals surface area contributed by atoms with Crippen LogP contribution in [-0.4, -0.2) is 11.9 Å². The molecule has 2 aromatic carbocycles. The van der Waals surface area contributed by atoms with E-state index in [1.807, 2.05) is 30.0 Å². The second-order valence-electron chi connectivity index (χ2n) is 5.04. The van der Waals surface area contributed by atoms with Gasteiger partial charge in [-0.25, -0.2) is 0 Å². The fraction of sp³-hybridized carbons (Fsp3) is 0.294. The maximum atomic E-state index is 6.41. The van der Waals surface area contributed by atoms with Gasteiger partial charge in [0.2, 0.25) is 0 Å². The van der Waals surface area contributed by atoms with Crippen LogP contribution in [0.15, 0.2) is 53.4 Å². The zero-order valence-electron chi connectivity index (χ0n) is 11.6. The molecule has 20 heavy (non-hydrogen) atoms. The van der Waals surface area contributed by atoms with Crippen molar-refractivity contribution in [2.75, 3.05) is 5.75 Å². The number of hydrogen-bond acceptors (Lipinski definition) is 3. The minimum absolute atomic E-state index is 0.0296. The lowest BCUT2D eigenvalue weighted by Crippen LogP contribution is -2.35. The summed E-state index contributed by atoms with van der Waals surface area (Å²) < 4.78 is 6.08. The van der Waals surface area contributed by atoms with Gasteiger partial charge < -0.3 is 10.5 Å². The molecule has 0 saturated heterocycles. The number of nitrogens with two attached hydrogens (primary N) is 1. The Morgan fingerprint density at radius 1 is 1.25 bits per heavy atom. The maximum Gasteiger partial charge on any atom is 0.133 e. The molecule has 1 heterocycles. The van der Waals surface area contributed by atoms with Gasteiger partial charge in [0.15, 0.2) is 0 Å². The molecule has 2 atom stereocenters. The number of thioether (sulfide) groups is 1. The molecule has 3 rings (SSSR count). The van der Waals surface area contributed by atoms with Gasteiger partial charge in [0.1, 0.15) is 11.9 Å². The lowest BCUT2D eigenvalue weighted by atomic mass is 10.00. The van der Waals surface area contributed by atoms with Crippen molar-refractivity contribution in [2.24, 2.45) is 5.73 Å². The van der Waals surface area contributed by atoms with Crippen LogP contribution in [0.2, 0.25) is 0 Å². The molecule has 0 spiro atoms. The fourth-order valence-corrected chi connectivity index (χ4v) is 3.50.